The Kier molecular flexibility index (Phi) is 4.33. The van der Waals surface area contributed by atoms with E-state index in [0.29, 0.717) is 24.1 Å². The highest BCUT2D eigenvalue weighted by molar-refractivity contribution is 7.89. The maximum absolute atomic E-state index is 12.7. The Morgan fingerprint density at radius 2 is 1.56 bits per heavy atom. The van der Waals surface area contributed by atoms with Crippen LogP contribution in [0.3, 0.4) is 0 Å². The lowest BCUT2D eigenvalue weighted by Crippen LogP contribution is -2.63. The molecule has 0 spiro atoms. The van der Waals surface area contributed by atoms with Crippen LogP contribution in [0.15, 0.2) is 29.2 Å². The van der Waals surface area contributed by atoms with Crippen molar-refractivity contribution >= 4 is 10.0 Å². The molecule has 1 N–H and O–H groups in total. The van der Waals surface area contributed by atoms with Crippen LogP contribution >= 0.6 is 0 Å². The van der Waals surface area contributed by atoms with Gasteiger partial charge in [-0.3, -0.25) is 0 Å². The number of sulfonamides is 1. The molecular formula is C19H27NO4S. The second-order valence-corrected chi connectivity index (χ2v) is 9.73. The molecule has 4 aliphatic rings. The molecule has 5 nitrogen and oxygen atoms in total. The Morgan fingerprint density at radius 3 is 2.04 bits per heavy atom. The zero-order valence-electron chi connectivity index (χ0n) is 14.9. The highest BCUT2D eigenvalue weighted by Crippen LogP contribution is 2.59. The third kappa shape index (κ3) is 2.88. The van der Waals surface area contributed by atoms with Gasteiger partial charge < -0.3 is 9.47 Å². The van der Waals surface area contributed by atoms with Crippen molar-refractivity contribution < 1.29 is 17.9 Å². The van der Waals surface area contributed by atoms with E-state index < -0.39 is 10.0 Å². The lowest BCUT2D eigenvalue weighted by atomic mass is 9.50. The fourth-order valence-corrected chi connectivity index (χ4v) is 6.80. The van der Waals surface area contributed by atoms with Gasteiger partial charge in [0, 0.05) is 13.7 Å². The van der Waals surface area contributed by atoms with Gasteiger partial charge in [-0.25, -0.2) is 13.1 Å². The lowest BCUT2D eigenvalue weighted by molar-refractivity contribution is -0.185. The van der Waals surface area contributed by atoms with Crippen LogP contribution in [0.25, 0.3) is 0 Å². The fraction of sp³-hybridized carbons (Fsp3) is 0.684. The molecule has 6 heteroatoms. The zero-order chi connectivity index (χ0) is 17.7. The summed E-state index contributed by atoms with van der Waals surface area (Å²) in [6, 6.07) is 6.50. The summed E-state index contributed by atoms with van der Waals surface area (Å²) >= 11 is 0. The first-order chi connectivity index (χ1) is 12.0. The second-order valence-electron chi connectivity index (χ2n) is 7.96. The van der Waals surface area contributed by atoms with E-state index >= 15 is 0 Å². The molecule has 4 aliphatic carbocycles. The van der Waals surface area contributed by atoms with E-state index in [1.54, 1.807) is 38.5 Å². The number of benzene rings is 1. The van der Waals surface area contributed by atoms with Crippen molar-refractivity contribution in [3.63, 3.8) is 0 Å². The summed E-state index contributed by atoms with van der Waals surface area (Å²) in [6.07, 6.45) is 6.11. The Labute approximate surface area is 150 Å². The molecule has 1 aromatic carbocycles. The van der Waals surface area contributed by atoms with Crippen LogP contribution in [-0.4, -0.2) is 34.8 Å². The molecular weight excluding hydrogens is 338 g/mol. The quantitative estimate of drug-likeness (QED) is 0.842. The van der Waals surface area contributed by atoms with Gasteiger partial charge in [-0.1, -0.05) is 0 Å². The minimum Gasteiger partial charge on any atom is -0.497 e. The van der Waals surface area contributed by atoms with Crippen molar-refractivity contribution in [2.75, 3.05) is 20.8 Å². The minimum atomic E-state index is -3.55. The third-order valence-electron chi connectivity index (χ3n) is 6.81. The molecule has 0 radical (unpaired) electrons. The van der Waals surface area contributed by atoms with Crippen LogP contribution in [0.1, 0.15) is 32.1 Å². The first-order valence-corrected chi connectivity index (χ1v) is 10.6. The van der Waals surface area contributed by atoms with Gasteiger partial charge >= 0.3 is 0 Å². The summed E-state index contributed by atoms with van der Waals surface area (Å²) < 4.78 is 39.4. The van der Waals surface area contributed by atoms with Gasteiger partial charge in [0.05, 0.1) is 17.6 Å². The van der Waals surface area contributed by atoms with Crippen LogP contribution in [0.4, 0.5) is 0 Å². The number of hydrogen-bond donors (Lipinski definition) is 1. The van der Waals surface area contributed by atoms with E-state index in [0.717, 1.165) is 11.8 Å². The van der Waals surface area contributed by atoms with E-state index in [1.165, 1.54) is 32.1 Å². The van der Waals surface area contributed by atoms with Crippen molar-refractivity contribution in [3.8, 4) is 5.75 Å². The highest BCUT2D eigenvalue weighted by atomic mass is 32.2. The van der Waals surface area contributed by atoms with E-state index in [4.69, 9.17) is 9.47 Å². The highest BCUT2D eigenvalue weighted by Gasteiger charge is 2.57. The Bertz CT molecular complexity index is 700. The maximum Gasteiger partial charge on any atom is 0.240 e. The standard InChI is InChI=1S/C19H27NO4S/c1-23-17-3-5-18(6-4-17)25(21,22)20-12-19(24-2)15-8-13-7-14(10-15)11-16(19)9-13/h3-6,13-16,20H,7-12H2,1-2H3. The molecule has 1 aromatic rings. The van der Waals surface area contributed by atoms with Crippen LogP contribution in [0.5, 0.6) is 5.75 Å². The fourth-order valence-electron chi connectivity index (χ4n) is 5.72. The van der Waals surface area contributed by atoms with Gasteiger partial charge in [0.2, 0.25) is 10.0 Å². The molecule has 4 fully saturated rings. The van der Waals surface area contributed by atoms with Crippen molar-refractivity contribution in [1.29, 1.82) is 0 Å². The molecule has 0 unspecified atom stereocenters. The van der Waals surface area contributed by atoms with Crippen LogP contribution in [0.2, 0.25) is 0 Å². The van der Waals surface area contributed by atoms with E-state index in [-0.39, 0.29) is 10.5 Å². The number of methoxy groups -OCH3 is 2. The van der Waals surface area contributed by atoms with Crippen molar-refractivity contribution in [3.05, 3.63) is 24.3 Å². The summed E-state index contributed by atoms with van der Waals surface area (Å²) in [5.41, 5.74) is -0.340. The van der Waals surface area contributed by atoms with E-state index in [9.17, 15) is 8.42 Å². The summed E-state index contributed by atoms with van der Waals surface area (Å²) in [7, 11) is -0.232. The Hall–Kier alpha value is -1.11. The normalized spacial score (nSPS) is 36.6. The largest absolute Gasteiger partial charge is 0.497 e. The molecule has 138 valence electrons. The third-order valence-corrected chi connectivity index (χ3v) is 8.23. The zero-order valence-corrected chi connectivity index (χ0v) is 15.7. The van der Waals surface area contributed by atoms with Crippen molar-refractivity contribution in [2.24, 2.45) is 23.7 Å². The van der Waals surface area contributed by atoms with Gasteiger partial charge in [-0.05, 0) is 80.0 Å². The average Bonchev–Trinajstić information content (AvgIpc) is 2.61. The summed E-state index contributed by atoms with van der Waals surface area (Å²) in [5, 5.41) is 0. The number of rotatable bonds is 6. The number of hydrogen-bond acceptors (Lipinski definition) is 4. The number of nitrogens with one attached hydrogen (secondary N) is 1. The predicted octanol–water partition coefficient (Wildman–Crippen LogP) is 2.81. The van der Waals surface area contributed by atoms with Gasteiger partial charge in [0.25, 0.3) is 0 Å². The Balaban J connectivity index is 1.52. The smallest absolute Gasteiger partial charge is 0.240 e. The van der Waals surface area contributed by atoms with Gasteiger partial charge in [0.15, 0.2) is 0 Å². The minimum absolute atomic E-state index is 0.267. The van der Waals surface area contributed by atoms with Crippen LogP contribution in [0, 0.1) is 23.7 Å². The molecule has 25 heavy (non-hydrogen) atoms. The summed E-state index contributed by atoms with van der Waals surface area (Å²) in [5.74, 6) is 3.25. The topological polar surface area (TPSA) is 64.6 Å². The molecule has 0 heterocycles. The monoisotopic (exact) mass is 365 g/mol. The second kappa shape index (κ2) is 6.25. The molecule has 0 atom stereocenters. The summed E-state index contributed by atoms with van der Waals surface area (Å²) in [6.45, 7) is 0.368. The van der Waals surface area contributed by atoms with E-state index in [1.807, 2.05) is 0 Å². The molecule has 0 saturated heterocycles. The van der Waals surface area contributed by atoms with E-state index in [2.05, 4.69) is 4.72 Å². The summed E-state index contributed by atoms with van der Waals surface area (Å²) in [4.78, 5) is 0.267. The predicted molar refractivity (Wildman–Crippen MR) is 95.0 cm³/mol. The first kappa shape index (κ1) is 17.3. The SMILES string of the molecule is COc1ccc(S(=O)(=O)NCC2(OC)C3CC4CC(C3)CC2C4)cc1. The molecule has 4 saturated carbocycles. The number of ether oxygens (including phenoxy) is 2. The van der Waals surface area contributed by atoms with Gasteiger partial charge in [0.1, 0.15) is 5.75 Å². The van der Waals surface area contributed by atoms with Crippen LogP contribution in [-0.2, 0) is 14.8 Å². The van der Waals surface area contributed by atoms with Crippen molar-refractivity contribution in [1.82, 2.24) is 4.72 Å². The first-order valence-electron chi connectivity index (χ1n) is 9.15. The van der Waals surface area contributed by atoms with Crippen LogP contribution < -0.4 is 9.46 Å². The van der Waals surface area contributed by atoms with Crippen molar-refractivity contribution in [2.45, 2.75) is 42.6 Å². The lowest BCUT2D eigenvalue weighted by Gasteiger charge is -2.60. The average molecular weight is 365 g/mol. The molecule has 0 amide bonds. The maximum atomic E-state index is 12.7. The molecule has 0 aliphatic heterocycles. The van der Waals surface area contributed by atoms with Gasteiger partial charge in [-0.2, -0.15) is 0 Å². The molecule has 0 aromatic heterocycles. The Morgan fingerprint density at radius 1 is 1.00 bits per heavy atom. The molecule has 4 bridgehead atoms. The van der Waals surface area contributed by atoms with Gasteiger partial charge in [-0.15, -0.1) is 0 Å². The molecule has 5 rings (SSSR count).